The van der Waals surface area contributed by atoms with Crippen LogP contribution < -0.4 is 0 Å². The van der Waals surface area contributed by atoms with Crippen LogP contribution in [0.15, 0.2) is 26.6 Å². The number of allylic oxidation sites excluding steroid dienone is 2. The summed E-state index contributed by atoms with van der Waals surface area (Å²) in [5, 5.41) is 30.1. The first-order chi connectivity index (χ1) is 20.6. The van der Waals surface area contributed by atoms with Crippen LogP contribution >= 0.6 is 23.1 Å². The molecule has 7 nitrogen and oxygen atoms in total. The van der Waals surface area contributed by atoms with Crippen LogP contribution in [0.2, 0.25) is 0 Å². The summed E-state index contributed by atoms with van der Waals surface area (Å²) in [5.74, 6) is -0.253. The fourth-order valence-electron chi connectivity index (χ4n) is 5.52. The van der Waals surface area contributed by atoms with Crippen LogP contribution in [-0.2, 0) is 4.79 Å². The average Bonchev–Trinajstić information content (AvgIpc) is 3.63. The van der Waals surface area contributed by atoms with Crippen LogP contribution in [0.3, 0.4) is 0 Å². The second-order valence-corrected chi connectivity index (χ2v) is 13.9. The van der Waals surface area contributed by atoms with Gasteiger partial charge >= 0.3 is 5.17 Å². The molecule has 0 spiro atoms. The lowest BCUT2D eigenvalue weighted by Crippen LogP contribution is -2.22. The zero-order valence-corrected chi connectivity index (χ0v) is 28.1. The normalized spacial score (nSPS) is 16.6. The molecule has 1 aliphatic carbocycles. The number of hydrogen-bond donors (Lipinski definition) is 1. The van der Waals surface area contributed by atoms with Gasteiger partial charge in [0, 0.05) is 11.8 Å². The molecule has 0 fully saturated rings. The van der Waals surface area contributed by atoms with E-state index in [-0.39, 0.29) is 22.7 Å². The van der Waals surface area contributed by atoms with Gasteiger partial charge in [-0.25, -0.2) is 0 Å². The van der Waals surface area contributed by atoms with Gasteiger partial charge in [-0.15, -0.1) is 10.2 Å². The monoisotopic (exact) mass is 616 g/mol. The summed E-state index contributed by atoms with van der Waals surface area (Å²) in [5.41, 5.74) is 0.513. The molecule has 0 atom stereocenters. The van der Waals surface area contributed by atoms with E-state index in [2.05, 4.69) is 38.8 Å². The van der Waals surface area contributed by atoms with Crippen molar-refractivity contribution in [3.8, 4) is 0 Å². The van der Waals surface area contributed by atoms with Gasteiger partial charge < -0.3 is 5.11 Å². The van der Waals surface area contributed by atoms with Crippen molar-refractivity contribution in [3.63, 3.8) is 0 Å². The lowest BCUT2D eigenvalue weighted by Gasteiger charge is -2.18. The van der Waals surface area contributed by atoms with Crippen molar-refractivity contribution in [2.75, 3.05) is 13.1 Å². The number of rotatable bonds is 23. The third-order valence-corrected chi connectivity index (χ3v) is 9.99. The van der Waals surface area contributed by atoms with Crippen LogP contribution in [0.1, 0.15) is 152 Å². The standard InChI is InChI=1S/C33H53N5O2S2/c1-4-6-8-10-12-14-16-18-20-22-24-38(25-23-21-19-17-15-13-11-9-7-5-2)33-37-36-32(42-33)28-29(39)27(30(28)40)31-35-34-26(3)41-31/h4-25H2,1-3H3/p+1. The molecular formula is C33H54N5O2S2+. The molecule has 234 valence electrons. The Labute approximate surface area is 262 Å². The molecule has 2 heterocycles. The SMILES string of the molecule is CCCCCCCCCCCC[N+](CCCCCCCCCCCC)=C1N=N/C(=C2/C(=O)C(c3nnc(C)s3)=C2O)S1. The first-order valence-corrected chi connectivity index (χ1v) is 18.4. The maximum absolute atomic E-state index is 12.9. The van der Waals surface area contributed by atoms with Crippen molar-refractivity contribution >= 4 is 39.6 Å². The summed E-state index contributed by atoms with van der Waals surface area (Å²) >= 11 is 2.73. The predicted molar refractivity (Wildman–Crippen MR) is 177 cm³/mol. The quantitative estimate of drug-likeness (QED) is 0.0750. The Morgan fingerprint density at radius 3 is 1.55 bits per heavy atom. The number of hydrogen-bond acceptors (Lipinski definition) is 7. The molecule has 9 heteroatoms. The molecule has 1 aromatic heterocycles. The number of azo groups is 1. The Balaban J connectivity index is 1.50. The van der Waals surface area contributed by atoms with Gasteiger partial charge in [0.1, 0.15) is 21.9 Å². The first-order valence-electron chi connectivity index (χ1n) is 16.8. The van der Waals surface area contributed by atoms with Gasteiger partial charge in [0.2, 0.25) is 5.78 Å². The molecule has 0 unspecified atom stereocenters. The summed E-state index contributed by atoms with van der Waals surface area (Å²) in [6.07, 6.45) is 26.4. The van der Waals surface area contributed by atoms with Crippen molar-refractivity contribution in [1.29, 1.82) is 0 Å². The van der Waals surface area contributed by atoms with Crippen LogP contribution in [-0.4, -0.2) is 43.9 Å². The Bertz CT molecular complexity index is 1080. The smallest absolute Gasteiger partial charge is 0.387 e. The van der Waals surface area contributed by atoms with E-state index in [1.807, 2.05) is 6.92 Å². The van der Waals surface area contributed by atoms with Crippen molar-refractivity contribution in [2.45, 2.75) is 149 Å². The molecule has 42 heavy (non-hydrogen) atoms. The number of unbranched alkanes of at least 4 members (excludes halogenated alkanes) is 18. The van der Waals surface area contributed by atoms with Crippen molar-refractivity contribution in [1.82, 2.24) is 10.2 Å². The number of aliphatic hydroxyl groups is 1. The minimum atomic E-state index is -0.220. The molecular weight excluding hydrogens is 563 g/mol. The summed E-state index contributed by atoms with van der Waals surface area (Å²) in [6, 6.07) is 0. The molecule has 0 amide bonds. The number of Topliss-reactive ketones (excluding diaryl/α,β-unsaturated/α-hetero) is 1. The highest BCUT2D eigenvalue weighted by molar-refractivity contribution is 8.17. The van der Waals surface area contributed by atoms with E-state index in [0.29, 0.717) is 10.0 Å². The van der Waals surface area contributed by atoms with E-state index in [0.717, 1.165) is 36.1 Å². The fraction of sp³-hybridized carbons (Fsp3) is 0.758. The topological polar surface area (TPSA) is 90.8 Å². The largest absolute Gasteiger partial charge is 0.506 e. The molecule has 1 N–H and O–H groups in total. The highest BCUT2D eigenvalue weighted by Gasteiger charge is 2.42. The molecule has 1 aromatic rings. The van der Waals surface area contributed by atoms with Crippen LogP contribution in [0.4, 0.5) is 0 Å². The second-order valence-electron chi connectivity index (χ2n) is 11.8. The third-order valence-electron chi connectivity index (χ3n) is 8.13. The van der Waals surface area contributed by atoms with Gasteiger partial charge in [-0.05, 0) is 37.7 Å². The van der Waals surface area contributed by atoms with Crippen molar-refractivity contribution < 1.29 is 14.5 Å². The lowest BCUT2D eigenvalue weighted by atomic mass is 9.89. The van der Waals surface area contributed by atoms with E-state index in [1.54, 1.807) is 0 Å². The number of ketones is 1. The van der Waals surface area contributed by atoms with Gasteiger partial charge in [0.05, 0.1) is 18.2 Å². The van der Waals surface area contributed by atoms with Gasteiger partial charge in [-0.3, -0.25) is 9.37 Å². The zero-order chi connectivity index (χ0) is 30.0. The maximum Gasteiger partial charge on any atom is 0.387 e. The number of thioether (sulfide) groups is 1. The lowest BCUT2D eigenvalue weighted by molar-refractivity contribution is -0.527. The van der Waals surface area contributed by atoms with Crippen LogP contribution in [0.25, 0.3) is 5.57 Å². The van der Waals surface area contributed by atoms with Gasteiger partial charge in [0.25, 0.3) is 0 Å². The van der Waals surface area contributed by atoms with Crippen molar-refractivity contribution in [3.05, 3.63) is 26.4 Å². The molecule has 2 aliphatic rings. The fourth-order valence-corrected chi connectivity index (χ4v) is 7.20. The average molecular weight is 617 g/mol. The van der Waals surface area contributed by atoms with E-state index in [4.69, 9.17) is 0 Å². The minimum absolute atomic E-state index is 0.0326. The van der Waals surface area contributed by atoms with E-state index in [1.165, 1.54) is 139 Å². The number of aromatic nitrogens is 2. The molecule has 3 rings (SSSR count). The van der Waals surface area contributed by atoms with Gasteiger partial charge in [-0.2, -0.15) is 0 Å². The molecule has 0 bridgehead atoms. The molecule has 0 saturated heterocycles. The number of amidine groups is 1. The summed E-state index contributed by atoms with van der Waals surface area (Å²) < 4.78 is 2.36. The highest BCUT2D eigenvalue weighted by atomic mass is 32.2. The Hall–Kier alpha value is -1.87. The van der Waals surface area contributed by atoms with E-state index < -0.39 is 0 Å². The number of aliphatic hydroxyl groups excluding tert-OH is 1. The van der Waals surface area contributed by atoms with Crippen molar-refractivity contribution in [2.24, 2.45) is 10.2 Å². The summed E-state index contributed by atoms with van der Waals surface area (Å²) in [7, 11) is 0. The van der Waals surface area contributed by atoms with Gasteiger partial charge in [-0.1, -0.05) is 128 Å². The van der Waals surface area contributed by atoms with Crippen LogP contribution in [0.5, 0.6) is 0 Å². The van der Waals surface area contributed by atoms with E-state index in [9.17, 15) is 9.90 Å². The summed E-state index contributed by atoms with van der Waals surface area (Å²) in [4.78, 5) is 12.9. The minimum Gasteiger partial charge on any atom is -0.506 e. The molecule has 0 radical (unpaired) electrons. The predicted octanol–water partition coefficient (Wildman–Crippen LogP) is 10.3. The molecule has 0 aromatic carbocycles. The zero-order valence-electron chi connectivity index (χ0n) is 26.5. The Morgan fingerprint density at radius 1 is 0.643 bits per heavy atom. The van der Waals surface area contributed by atoms with Gasteiger partial charge in [0.15, 0.2) is 10.0 Å². The maximum atomic E-state index is 12.9. The number of carbonyl (C=O) groups excluding carboxylic acids is 1. The number of nitrogens with zero attached hydrogens (tertiary/aromatic N) is 5. The third kappa shape index (κ3) is 11.3. The number of carbonyl (C=O) groups is 1. The van der Waals surface area contributed by atoms with Crippen LogP contribution in [0, 0.1) is 6.92 Å². The first kappa shape index (κ1) is 34.6. The Morgan fingerprint density at radius 2 is 1.12 bits per heavy atom. The second kappa shape index (κ2) is 20.2. The highest BCUT2D eigenvalue weighted by Crippen LogP contribution is 2.43. The summed E-state index contributed by atoms with van der Waals surface area (Å²) in [6.45, 7) is 8.30. The van der Waals surface area contributed by atoms with E-state index >= 15 is 0 Å². The number of aryl methyl sites for hydroxylation is 1. The Kier molecular flexibility index (Phi) is 16.6. The molecule has 1 aliphatic heterocycles. The molecule has 0 saturated carbocycles.